The molecule has 1 spiro atoms. The fourth-order valence-electron chi connectivity index (χ4n) is 4.11. The predicted molar refractivity (Wildman–Crippen MR) is 101 cm³/mol. The lowest BCUT2D eigenvalue weighted by atomic mass is 9.86. The van der Waals surface area contributed by atoms with Gasteiger partial charge in [0.25, 0.3) is 0 Å². The van der Waals surface area contributed by atoms with Crippen LogP contribution in [0.1, 0.15) is 37.7 Å². The first-order valence-electron chi connectivity index (χ1n) is 9.41. The number of hydrogen-bond acceptors (Lipinski definition) is 3. The zero-order valence-electron chi connectivity index (χ0n) is 15.6. The summed E-state index contributed by atoms with van der Waals surface area (Å²) in [6.07, 6.45) is 6.91. The first-order valence-corrected chi connectivity index (χ1v) is 9.41. The van der Waals surface area contributed by atoms with Gasteiger partial charge in [-0.1, -0.05) is 25.0 Å². The van der Waals surface area contributed by atoms with E-state index in [9.17, 15) is 0 Å². The van der Waals surface area contributed by atoms with E-state index >= 15 is 0 Å². The molecule has 25 heavy (non-hydrogen) atoms. The van der Waals surface area contributed by atoms with Gasteiger partial charge in [0.05, 0.1) is 6.61 Å². The molecule has 1 saturated carbocycles. The van der Waals surface area contributed by atoms with Crippen LogP contribution >= 0.6 is 0 Å². The Labute approximate surface area is 151 Å². The summed E-state index contributed by atoms with van der Waals surface area (Å²) in [5.41, 5.74) is 1.80. The third-order valence-corrected chi connectivity index (χ3v) is 5.54. The highest BCUT2D eigenvalue weighted by atomic mass is 16.5. The highest BCUT2D eigenvalue weighted by Gasteiger charge is 2.40. The Hall–Kier alpha value is -1.75. The molecule has 1 aliphatic carbocycles. The highest BCUT2D eigenvalue weighted by molar-refractivity contribution is 5.80. The van der Waals surface area contributed by atoms with E-state index in [2.05, 4.69) is 27.3 Å². The van der Waals surface area contributed by atoms with Crippen LogP contribution < -0.4 is 10.1 Å². The lowest BCUT2D eigenvalue weighted by molar-refractivity contribution is 0.146. The van der Waals surface area contributed by atoms with Crippen LogP contribution in [0.2, 0.25) is 0 Å². The maximum absolute atomic E-state index is 5.61. The molecule has 0 bridgehead atoms. The minimum atomic E-state index is 0.568. The molecule has 138 valence electrons. The molecular weight excluding hydrogens is 314 g/mol. The zero-order chi connectivity index (χ0) is 17.5. The summed E-state index contributed by atoms with van der Waals surface area (Å²) in [4.78, 5) is 6.94. The van der Waals surface area contributed by atoms with Crippen molar-refractivity contribution in [2.75, 3.05) is 40.5 Å². The quantitative estimate of drug-likeness (QED) is 0.489. The van der Waals surface area contributed by atoms with Crippen LogP contribution in [0.4, 0.5) is 0 Å². The molecular formula is C20H31N3O2. The summed E-state index contributed by atoms with van der Waals surface area (Å²) < 4.78 is 10.6. The monoisotopic (exact) mass is 345 g/mol. The van der Waals surface area contributed by atoms with Crippen LogP contribution in [0.3, 0.4) is 0 Å². The Kier molecular flexibility index (Phi) is 6.19. The highest BCUT2D eigenvalue weighted by Crippen LogP contribution is 2.45. The van der Waals surface area contributed by atoms with Crippen molar-refractivity contribution in [1.29, 1.82) is 0 Å². The van der Waals surface area contributed by atoms with Crippen LogP contribution in [0.5, 0.6) is 5.75 Å². The number of aliphatic imine (C=N–C) groups is 1. The number of nitrogens with zero attached hydrogens (tertiary/aromatic N) is 2. The smallest absolute Gasteiger partial charge is 0.193 e. The van der Waals surface area contributed by atoms with Crippen LogP contribution in [-0.4, -0.2) is 51.3 Å². The number of rotatable bonds is 6. The van der Waals surface area contributed by atoms with E-state index in [1.165, 1.54) is 44.2 Å². The maximum atomic E-state index is 5.61. The Morgan fingerprint density at radius 3 is 2.60 bits per heavy atom. The van der Waals surface area contributed by atoms with Crippen molar-refractivity contribution in [2.45, 2.75) is 38.6 Å². The van der Waals surface area contributed by atoms with Crippen molar-refractivity contribution in [3.05, 3.63) is 29.8 Å². The molecule has 0 radical (unpaired) electrons. The normalized spacial score (nSPS) is 19.6. The molecule has 3 rings (SSSR count). The Morgan fingerprint density at radius 1 is 1.16 bits per heavy atom. The van der Waals surface area contributed by atoms with Gasteiger partial charge < -0.3 is 19.7 Å². The predicted octanol–water partition coefficient (Wildman–Crippen LogP) is 3.05. The van der Waals surface area contributed by atoms with E-state index in [-0.39, 0.29) is 0 Å². The lowest BCUT2D eigenvalue weighted by Crippen LogP contribution is -2.40. The van der Waals surface area contributed by atoms with Crippen molar-refractivity contribution in [3.63, 3.8) is 0 Å². The zero-order valence-corrected chi connectivity index (χ0v) is 15.6. The fraction of sp³-hybridized carbons (Fsp3) is 0.650. The van der Waals surface area contributed by atoms with Crippen LogP contribution in [0.25, 0.3) is 0 Å². The number of methoxy groups -OCH3 is 1. The van der Waals surface area contributed by atoms with Gasteiger partial charge in [0.2, 0.25) is 0 Å². The van der Waals surface area contributed by atoms with Gasteiger partial charge in [0, 0.05) is 33.8 Å². The number of benzene rings is 1. The standard InChI is InChI=1S/C20H31N3O2/c1-21-19(23-12-11-20(16-23)9-3-4-10-20)22-15-17-5-7-18(8-6-17)25-14-13-24-2/h5-8H,3-4,9-16H2,1-2H3,(H,21,22). The topological polar surface area (TPSA) is 46.1 Å². The average Bonchev–Trinajstić information content (AvgIpc) is 3.27. The van der Waals surface area contributed by atoms with Gasteiger partial charge in [-0.3, -0.25) is 4.99 Å². The molecule has 0 amide bonds. The van der Waals surface area contributed by atoms with Crippen molar-refractivity contribution in [1.82, 2.24) is 10.2 Å². The third-order valence-electron chi connectivity index (χ3n) is 5.54. The Balaban J connectivity index is 1.48. The number of hydrogen-bond donors (Lipinski definition) is 1. The van der Waals surface area contributed by atoms with Crippen LogP contribution in [0, 0.1) is 5.41 Å². The average molecular weight is 345 g/mol. The second kappa shape index (κ2) is 8.56. The molecule has 1 saturated heterocycles. The third kappa shape index (κ3) is 4.66. The second-order valence-corrected chi connectivity index (χ2v) is 7.26. The summed E-state index contributed by atoms with van der Waals surface area (Å²) in [6.45, 7) is 4.27. The molecule has 0 atom stereocenters. The van der Waals surface area contributed by atoms with Gasteiger partial charge in [0.1, 0.15) is 12.4 Å². The largest absolute Gasteiger partial charge is 0.491 e. The number of guanidine groups is 1. The number of nitrogens with one attached hydrogen (secondary N) is 1. The molecule has 5 heteroatoms. The van der Waals surface area contributed by atoms with Gasteiger partial charge >= 0.3 is 0 Å². The van der Waals surface area contributed by atoms with E-state index in [4.69, 9.17) is 9.47 Å². The van der Waals surface area contributed by atoms with E-state index in [1.807, 2.05) is 19.2 Å². The molecule has 2 fully saturated rings. The summed E-state index contributed by atoms with van der Waals surface area (Å²) in [6, 6.07) is 8.23. The number of likely N-dealkylation sites (tertiary alicyclic amines) is 1. The van der Waals surface area contributed by atoms with Gasteiger partial charge in [-0.2, -0.15) is 0 Å². The molecule has 1 N–H and O–H groups in total. The Bertz CT molecular complexity index is 565. The van der Waals surface area contributed by atoms with Crippen molar-refractivity contribution >= 4 is 5.96 Å². The van der Waals surface area contributed by atoms with Gasteiger partial charge in [-0.25, -0.2) is 0 Å². The summed E-state index contributed by atoms with van der Waals surface area (Å²) in [5.74, 6) is 1.91. The molecule has 1 aromatic rings. The van der Waals surface area contributed by atoms with E-state index in [0.29, 0.717) is 18.6 Å². The summed E-state index contributed by atoms with van der Waals surface area (Å²) >= 11 is 0. The molecule has 0 unspecified atom stereocenters. The van der Waals surface area contributed by atoms with E-state index < -0.39 is 0 Å². The summed E-state index contributed by atoms with van der Waals surface area (Å²) in [5, 5.41) is 3.52. The minimum Gasteiger partial charge on any atom is -0.491 e. The second-order valence-electron chi connectivity index (χ2n) is 7.26. The Morgan fingerprint density at radius 2 is 1.92 bits per heavy atom. The molecule has 0 aromatic heterocycles. The van der Waals surface area contributed by atoms with Gasteiger partial charge in [-0.05, 0) is 42.4 Å². The van der Waals surface area contributed by atoms with Crippen LogP contribution in [0.15, 0.2) is 29.3 Å². The van der Waals surface area contributed by atoms with E-state index in [1.54, 1.807) is 7.11 Å². The molecule has 1 heterocycles. The SMILES string of the molecule is CN=C(NCc1ccc(OCCOC)cc1)N1CCC2(CCCC2)C1. The summed E-state index contributed by atoms with van der Waals surface area (Å²) in [7, 11) is 3.56. The lowest BCUT2D eigenvalue weighted by Gasteiger charge is -2.26. The first-order chi connectivity index (χ1) is 12.2. The fourth-order valence-corrected chi connectivity index (χ4v) is 4.11. The molecule has 2 aliphatic rings. The minimum absolute atomic E-state index is 0.568. The number of ether oxygens (including phenoxy) is 2. The van der Waals surface area contributed by atoms with E-state index in [0.717, 1.165) is 24.8 Å². The molecule has 1 aromatic carbocycles. The molecule has 1 aliphatic heterocycles. The van der Waals surface area contributed by atoms with Crippen LogP contribution in [-0.2, 0) is 11.3 Å². The van der Waals surface area contributed by atoms with Crippen molar-refractivity contribution < 1.29 is 9.47 Å². The van der Waals surface area contributed by atoms with Gasteiger partial charge in [-0.15, -0.1) is 0 Å². The maximum Gasteiger partial charge on any atom is 0.193 e. The van der Waals surface area contributed by atoms with Gasteiger partial charge in [0.15, 0.2) is 5.96 Å². The van der Waals surface area contributed by atoms with Crippen molar-refractivity contribution in [2.24, 2.45) is 10.4 Å². The molecule has 5 nitrogen and oxygen atoms in total. The van der Waals surface area contributed by atoms with Crippen molar-refractivity contribution in [3.8, 4) is 5.75 Å². The first kappa shape index (κ1) is 18.1.